The number of hydrogen-bond donors (Lipinski definition) is 1. The van der Waals surface area contributed by atoms with E-state index in [2.05, 4.69) is 20.4 Å². The van der Waals surface area contributed by atoms with Crippen molar-refractivity contribution in [2.75, 3.05) is 13.1 Å². The van der Waals surface area contributed by atoms with Gasteiger partial charge in [0.25, 0.3) is 5.91 Å². The second kappa shape index (κ2) is 7.00. The number of carbonyl (C=O) groups excluding carboxylic acids is 2. The Morgan fingerprint density at radius 2 is 2.07 bits per heavy atom. The van der Waals surface area contributed by atoms with Crippen molar-refractivity contribution >= 4 is 11.8 Å². The molecular weight excluding hydrogens is 358 g/mol. The molecule has 0 spiro atoms. The highest BCUT2D eigenvalue weighted by atomic mass is 16.5. The topological polar surface area (TPSA) is 101 Å². The van der Waals surface area contributed by atoms with Crippen molar-refractivity contribution < 1.29 is 14.1 Å². The summed E-state index contributed by atoms with van der Waals surface area (Å²) < 4.78 is 5.56. The first-order valence-corrected chi connectivity index (χ1v) is 9.69. The van der Waals surface area contributed by atoms with Gasteiger partial charge in [-0.15, -0.1) is 0 Å². The predicted molar refractivity (Wildman–Crippen MR) is 100 cm³/mol. The second-order valence-corrected chi connectivity index (χ2v) is 8.22. The number of carbonyl (C=O) groups is 2. The molecule has 2 aromatic heterocycles. The van der Waals surface area contributed by atoms with Crippen LogP contribution in [0, 0.1) is 18.8 Å². The lowest BCUT2D eigenvalue weighted by molar-refractivity contribution is -0.133. The van der Waals surface area contributed by atoms with E-state index in [1.165, 1.54) is 0 Å². The number of aromatic nitrogens is 3. The number of likely N-dealkylation sites (tertiary alicyclic amines) is 1. The monoisotopic (exact) mass is 383 g/mol. The lowest BCUT2D eigenvalue weighted by atomic mass is 9.80. The molecule has 8 nitrogen and oxygen atoms in total. The van der Waals surface area contributed by atoms with Gasteiger partial charge in [-0.3, -0.25) is 14.6 Å². The standard InChI is InChI=1S/C20H25N5O3/c1-12(2)18(27)25-10-15-8-16(23-17(26)14-4-6-21-7-5-14)9-20(15,11-25)19-22-13(3)24-28-19/h4-7,12,15-16H,8-11H2,1-3H3,(H,23,26)/t15?,16-,20+/m1/s1. The van der Waals surface area contributed by atoms with Gasteiger partial charge in [-0.1, -0.05) is 19.0 Å². The number of nitrogens with zero attached hydrogens (tertiary/aromatic N) is 4. The summed E-state index contributed by atoms with van der Waals surface area (Å²) in [6.07, 6.45) is 4.67. The molecule has 2 aromatic rings. The molecule has 2 amide bonds. The Hall–Kier alpha value is -2.77. The van der Waals surface area contributed by atoms with E-state index in [4.69, 9.17) is 4.52 Å². The van der Waals surface area contributed by atoms with E-state index < -0.39 is 5.41 Å². The van der Waals surface area contributed by atoms with Crippen molar-refractivity contribution in [2.45, 2.75) is 45.1 Å². The predicted octanol–water partition coefficient (Wildman–Crippen LogP) is 1.72. The van der Waals surface area contributed by atoms with E-state index in [1.807, 2.05) is 18.7 Å². The lowest BCUT2D eigenvalue weighted by Crippen LogP contribution is -2.40. The molecule has 8 heteroatoms. The molecule has 1 aliphatic carbocycles. The van der Waals surface area contributed by atoms with Gasteiger partial charge in [0, 0.05) is 43.0 Å². The second-order valence-electron chi connectivity index (χ2n) is 8.22. The summed E-state index contributed by atoms with van der Waals surface area (Å²) in [6.45, 7) is 6.83. The molecule has 1 N–H and O–H groups in total. The Morgan fingerprint density at radius 3 is 2.71 bits per heavy atom. The van der Waals surface area contributed by atoms with Crippen LogP contribution in [0.15, 0.2) is 29.0 Å². The average molecular weight is 383 g/mol. The fourth-order valence-electron chi connectivity index (χ4n) is 4.62. The lowest BCUT2D eigenvalue weighted by Gasteiger charge is -2.26. The maximum Gasteiger partial charge on any atom is 0.251 e. The van der Waals surface area contributed by atoms with E-state index >= 15 is 0 Å². The molecule has 1 aliphatic heterocycles. The number of amides is 2. The third-order valence-corrected chi connectivity index (χ3v) is 5.91. The molecule has 0 bridgehead atoms. The fourth-order valence-corrected chi connectivity index (χ4v) is 4.62. The van der Waals surface area contributed by atoms with Crippen molar-refractivity contribution in [1.29, 1.82) is 0 Å². The zero-order valence-corrected chi connectivity index (χ0v) is 16.4. The SMILES string of the molecule is Cc1noc([C@]23C[C@H](NC(=O)c4ccncc4)CC2CN(C(=O)C(C)C)C3)n1. The first-order chi connectivity index (χ1) is 13.4. The van der Waals surface area contributed by atoms with Crippen LogP contribution in [0.1, 0.15) is 48.8 Å². The number of fused-ring (bicyclic) bond motifs is 1. The summed E-state index contributed by atoms with van der Waals surface area (Å²) in [6, 6.07) is 3.39. The highest BCUT2D eigenvalue weighted by molar-refractivity contribution is 5.94. The number of aryl methyl sites for hydroxylation is 1. The molecular formula is C20H25N5O3. The van der Waals surface area contributed by atoms with Gasteiger partial charge in [0.1, 0.15) is 0 Å². The van der Waals surface area contributed by atoms with Crippen LogP contribution in [-0.2, 0) is 10.2 Å². The Kier molecular flexibility index (Phi) is 4.64. The van der Waals surface area contributed by atoms with E-state index in [1.54, 1.807) is 31.5 Å². The maximum atomic E-state index is 12.6. The first kappa shape index (κ1) is 18.6. The molecule has 3 heterocycles. The molecule has 0 aromatic carbocycles. The minimum atomic E-state index is -0.401. The Labute approximate surface area is 163 Å². The van der Waals surface area contributed by atoms with Crippen LogP contribution in [0.5, 0.6) is 0 Å². The molecule has 3 atom stereocenters. The minimum Gasteiger partial charge on any atom is -0.349 e. The van der Waals surface area contributed by atoms with Crippen molar-refractivity contribution in [1.82, 2.24) is 25.3 Å². The molecule has 2 aliphatic rings. The summed E-state index contributed by atoms with van der Waals surface area (Å²) in [4.78, 5) is 35.5. The first-order valence-electron chi connectivity index (χ1n) is 9.69. The Bertz CT molecular complexity index is 881. The number of pyridine rings is 1. The van der Waals surface area contributed by atoms with Gasteiger partial charge >= 0.3 is 0 Å². The van der Waals surface area contributed by atoms with Gasteiger partial charge in [-0.25, -0.2) is 0 Å². The zero-order valence-electron chi connectivity index (χ0n) is 16.4. The minimum absolute atomic E-state index is 0.00539. The van der Waals surface area contributed by atoms with Crippen LogP contribution in [-0.4, -0.2) is 51.0 Å². The van der Waals surface area contributed by atoms with Crippen LogP contribution in [0.25, 0.3) is 0 Å². The van der Waals surface area contributed by atoms with E-state index in [0.717, 1.165) is 6.42 Å². The fraction of sp³-hybridized carbons (Fsp3) is 0.550. The maximum absolute atomic E-state index is 12.6. The Balaban J connectivity index is 1.56. The zero-order chi connectivity index (χ0) is 19.9. The quantitative estimate of drug-likeness (QED) is 0.863. The van der Waals surface area contributed by atoms with E-state index in [0.29, 0.717) is 36.8 Å². The van der Waals surface area contributed by atoms with Crippen molar-refractivity contribution in [3.8, 4) is 0 Å². The Morgan fingerprint density at radius 1 is 1.32 bits per heavy atom. The van der Waals surface area contributed by atoms with Crippen molar-refractivity contribution in [3.63, 3.8) is 0 Å². The molecule has 4 rings (SSSR count). The largest absolute Gasteiger partial charge is 0.349 e. The van der Waals surface area contributed by atoms with Crippen LogP contribution in [0.4, 0.5) is 0 Å². The van der Waals surface area contributed by atoms with Gasteiger partial charge in [0.15, 0.2) is 5.82 Å². The summed E-state index contributed by atoms with van der Waals surface area (Å²) in [5.74, 6) is 1.32. The van der Waals surface area contributed by atoms with Gasteiger partial charge in [-0.2, -0.15) is 4.98 Å². The van der Waals surface area contributed by atoms with Gasteiger partial charge in [0.2, 0.25) is 11.8 Å². The van der Waals surface area contributed by atoms with Crippen LogP contribution in [0.3, 0.4) is 0 Å². The van der Waals surface area contributed by atoms with Crippen LogP contribution >= 0.6 is 0 Å². The molecule has 2 fully saturated rings. The average Bonchev–Trinajstić information content (AvgIpc) is 3.34. The van der Waals surface area contributed by atoms with Crippen molar-refractivity contribution in [2.24, 2.45) is 11.8 Å². The van der Waals surface area contributed by atoms with E-state index in [-0.39, 0.29) is 29.7 Å². The number of hydrogen-bond acceptors (Lipinski definition) is 6. The summed E-state index contributed by atoms with van der Waals surface area (Å²) >= 11 is 0. The van der Waals surface area contributed by atoms with Gasteiger partial charge in [0.05, 0.1) is 5.41 Å². The molecule has 28 heavy (non-hydrogen) atoms. The van der Waals surface area contributed by atoms with Crippen LogP contribution < -0.4 is 5.32 Å². The smallest absolute Gasteiger partial charge is 0.251 e. The summed E-state index contributed by atoms with van der Waals surface area (Å²) in [5, 5.41) is 7.10. The molecule has 148 valence electrons. The molecule has 1 saturated heterocycles. The number of nitrogens with one attached hydrogen (secondary N) is 1. The highest BCUT2D eigenvalue weighted by Gasteiger charge is 2.58. The van der Waals surface area contributed by atoms with E-state index in [9.17, 15) is 9.59 Å². The summed E-state index contributed by atoms with van der Waals surface area (Å²) in [5.41, 5.74) is 0.188. The summed E-state index contributed by atoms with van der Waals surface area (Å²) in [7, 11) is 0. The molecule has 1 unspecified atom stereocenters. The van der Waals surface area contributed by atoms with Gasteiger partial charge < -0.3 is 14.7 Å². The van der Waals surface area contributed by atoms with Crippen molar-refractivity contribution in [3.05, 3.63) is 41.8 Å². The third kappa shape index (κ3) is 3.16. The molecule has 1 saturated carbocycles. The van der Waals surface area contributed by atoms with Crippen LogP contribution in [0.2, 0.25) is 0 Å². The third-order valence-electron chi connectivity index (χ3n) is 5.91. The number of rotatable bonds is 4. The van der Waals surface area contributed by atoms with Gasteiger partial charge in [-0.05, 0) is 37.8 Å². The molecule has 0 radical (unpaired) electrons. The normalized spacial score (nSPS) is 26.5. The highest BCUT2D eigenvalue weighted by Crippen LogP contribution is 2.50.